The molecule has 3 atom stereocenters. The van der Waals surface area contributed by atoms with E-state index in [1.54, 1.807) is 12.1 Å². The fourth-order valence-electron chi connectivity index (χ4n) is 3.76. The molecule has 1 saturated heterocycles. The van der Waals surface area contributed by atoms with Crippen LogP contribution in [-0.2, 0) is 11.3 Å². The maximum atomic E-state index is 11.6. The summed E-state index contributed by atoms with van der Waals surface area (Å²) in [5.74, 6) is 0.130. The lowest BCUT2D eigenvalue weighted by Gasteiger charge is -2.24. The van der Waals surface area contributed by atoms with Crippen molar-refractivity contribution in [3.05, 3.63) is 33.8 Å². The van der Waals surface area contributed by atoms with Gasteiger partial charge in [0.25, 0.3) is 0 Å². The first-order valence-corrected chi connectivity index (χ1v) is 7.72. The van der Waals surface area contributed by atoms with E-state index in [0.717, 1.165) is 31.4 Å². The number of carboxylic acids is 1. The van der Waals surface area contributed by atoms with Crippen LogP contribution in [0, 0.1) is 11.8 Å². The Bertz CT molecular complexity index is 535. The second kappa shape index (κ2) is 5.55. The number of fused-ring (bicyclic) bond motifs is 1. The van der Waals surface area contributed by atoms with Crippen molar-refractivity contribution < 1.29 is 9.90 Å². The third-order valence-electron chi connectivity index (χ3n) is 4.63. The highest BCUT2D eigenvalue weighted by Crippen LogP contribution is 2.43. The van der Waals surface area contributed by atoms with E-state index in [0.29, 0.717) is 28.4 Å². The largest absolute Gasteiger partial charge is 0.480 e. The summed E-state index contributed by atoms with van der Waals surface area (Å²) in [6.45, 7) is 1.44. The zero-order chi connectivity index (χ0) is 14.3. The van der Waals surface area contributed by atoms with Gasteiger partial charge in [-0.1, -0.05) is 35.7 Å². The van der Waals surface area contributed by atoms with Crippen LogP contribution in [0.15, 0.2) is 18.2 Å². The minimum atomic E-state index is -0.704. The smallest absolute Gasteiger partial charge is 0.321 e. The van der Waals surface area contributed by atoms with Crippen LogP contribution in [0.3, 0.4) is 0 Å². The molecule has 0 amide bonds. The molecule has 0 spiro atoms. The Labute approximate surface area is 128 Å². The predicted molar refractivity (Wildman–Crippen MR) is 79.1 cm³/mol. The fourth-order valence-corrected chi connectivity index (χ4v) is 4.23. The number of nitrogens with zero attached hydrogens (tertiary/aromatic N) is 1. The van der Waals surface area contributed by atoms with Gasteiger partial charge in [-0.05, 0) is 42.4 Å². The molecule has 1 aliphatic carbocycles. The van der Waals surface area contributed by atoms with Gasteiger partial charge >= 0.3 is 5.97 Å². The molecule has 3 nitrogen and oxygen atoms in total. The molecule has 2 fully saturated rings. The quantitative estimate of drug-likeness (QED) is 0.925. The minimum Gasteiger partial charge on any atom is -0.480 e. The predicted octanol–water partition coefficient (Wildman–Crippen LogP) is 3.68. The van der Waals surface area contributed by atoms with Crippen molar-refractivity contribution in [1.29, 1.82) is 0 Å². The standard InChI is InChI=1S/C15H17Cl2NO2/c16-11-5-4-10(13(17)6-11)8-18-7-9-2-1-3-12(9)14(18)15(19)20/h4-6,9,12,14H,1-3,7-8H2,(H,19,20). The summed E-state index contributed by atoms with van der Waals surface area (Å²) in [5, 5.41) is 10.7. The van der Waals surface area contributed by atoms with Crippen molar-refractivity contribution in [1.82, 2.24) is 4.90 Å². The summed E-state index contributed by atoms with van der Waals surface area (Å²) in [5.41, 5.74) is 0.947. The molecule has 1 saturated carbocycles. The van der Waals surface area contributed by atoms with Gasteiger partial charge in [-0.3, -0.25) is 9.69 Å². The third kappa shape index (κ3) is 2.54. The van der Waals surface area contributed by atoms with E-state index in [4.69, 9.17) is 23.2 Å². The van der Waals surface area contributed by atoms with Crippen LogP contribution in [0.1, 0.15) is 24.8 Å². The van der Waals surface area contributed by atoms with Gasteiger partial charge in [0, 0.05) is 23.1 Å². The lowest BCUT2D eigenvalue weighted by molar-refractivity contribution is -0.143. The molecule has 20 heavy (non-hydrogen) atoms. The molecule has 0 radical (unpaired) electrons. The van der Waals surface area contributed by atoms with Crippen LogP contribution >= 0.6 is 23.2 Å². The highest BCUT2D eigenvalue weighted by Gasteiger charge is 2.47. The van der Waals surface area contributed by atoms with Gasteiger partial charge in [0.15, 0.2) is 0 Å². The summed E-state index contributed by atoms with van der Waals surface area (Å²) in [6.07, 6.45) is 3.35. The first-order valence-electron chi connectivity index (χ1n) is 6.97. The molecule has 1 aliphatic heterocycles. The van der Waals surface area contributed by atoms with Crippen molar-refractivity contribution in [2.45, 2.75) is 31.8 Å². The Morgan fingerprint density at radius 2 is 2.15 bits per heavy atom. The summed E-state index contributed by atoms with van der Waals surface area (Å²) in [4.78, 5) is 13.6. The lowest BCUT2D eigenvalue weighted by atomic mass is 9.94. The molecule has 0 aromatic heterocycles. The van der Waals surface area contributed by atoms with Gasteiger partial charge in [-0.2, -0.15) is 0 Å². The first-order chi connectivity index (χ1) is 9.56. The van der Waals surface area contributed by atoms with E-state index >= 15 is 0 Å². The Kier molecular flexibility index (Phi) is 3.93. The van der Waals surface area contributed by atoms with Gasteiger partial charge in [0.2, 0.25) is 0 Å². The monoisotopic (exact) mass is 313 g/mol. The zero-order valence-corrected chi connectivity index (χ0v) is 12.6. The van der Waals surface area contributed by atoms with E-state index in [1.165, 1.54) is 0 Å². The minimum absolute atomic E-state index is 0.304. The molecule has 0 bridgehead atoms. The number of rotatable bonds is 3. The molecule has 3 rings (SSSR count). The van der Waals surface area contributed by atoms with Crippen LogP contribution in [0.25, 0.3) is 0 Å². The number of hydrogen-bond acceptors (Lipinski definition) is 2. The second-order valence-corrected chi connectivity index (χ2v) is 6.65. The molecule has 5 heteroatoms. The average molecular weight is 314 g/mol. The average Bonchev–Trinajstić information content (AvgIpc) is 2.91. The van der Waals surface area contributed by atoms with Crippen LogP contribution in [-0.4, -0.2) is 28.6 Å². The number of hydrogen-bond donors (Lipinski definition) is 1. The molecule has 1 aromatic rings. The highest BCUT2D eigenvalue weighted by molar-refractivity contribution is 6.35. The molecular formula is C15H17Cl2NO2. The molecule has 1 aromatic carbocycles. The fraction of sp³-hybridized carbons (Fsp3) is 0.533. The van der Waals surface area contributed by atoms with Gasteiger partial charge in [0.1, 0.15) is 6.04 Å². The van der Waals surface area contributed by atoms with Crippen LogP contribution in [0.4, 0.5) is 0 Å². The number of aliphatic carboxylic acids is 1. The Balaban J connectivity index is 1.81. The summed E-state index contributed by atoms with van der Waals surface area (Å²) in [6, 6.07) is 5.03. The zero-order valence-electron chi connectivity index (χ0n) is 11.1. The van der Waals surface area contributed by atoms with Gasteiger partial charge in [-0.15, -0.1) is 0 Å². The number of benzene rings is 1. The summed E-state index contributed by atoms with van der Waals surface area (Å²) in [7, 11) is 0. The van der Waals surface area contributed by atoms with Crippen molar-refractivity contribution in [2.24, 2.45) is 11.8 Å². The number of carbonyl (C=O) groups is 1. The molecule has 3 unspecified atom stereocenters. The van der Waals surface area contributed by atoms with Gasteiger partial charge < -0.3 is 5.11 Å². The number of carboxylic acid groups (broad SMARTS) is 1. The van der Waals surface area contributed by atoms with Crippen LogP contribution in [0.5, 0.6) is 0 Å². The lowest BCUT2D eigenvalue weighted by Crippen LogP contribution is -2.39. The van der Waals surface area contributed by atoms with E-state index in [9.17, 15) is 9.90 Å². The molecular weight excluding hydrogens is 297 g/mol. The maximum Gasteiger partial charge on any atom is 0.321 e. The van der Waals surface area contributed by atoms with Crippen molar-refractivity contribution in [2.75, 3.05) is 6.54 Å². The van der Waals surface area contributed by atoms with Gasteiger partial charge in [0.05, 0.1) is 0 Å². The van der Waals surface area contributed by atoms with Crippen molar-refractivity contribution in [3.8, 4) is 0 Å². The Hall–Kier alpha value is -0.770. The normalized spacial score (nSPS) is 29.6. The summed E-state index contributed by atoms with van der Waals surface area (Å²) < 4.78 is 0. The molecule has 108 valence electrons. The Morgan fingerprint density at radius 1 is 1.35 bits per heavy atom. The van der Waals surface area contributed by atoms with E-state index in [1.807, 2.05) is 6.07 Å². The van der Waals surface area contributed by atoms with Gasteiger partial charge in [-0.25, -0.2) is 0 Å². The van der Waals surface area contributed by atoms with Crippen molar-refractivity contribution >= 4 is 29.2 Å². The van der Waals surface area contributed by atoms with Crippen LogP contribution in [0.2, 0.25) is 10.0 Å². The molecule has 1 heterocycles. The van der Waals surface area contributed by atoms with Crippen LogP contribution < -0.4 is 0 Å². The SMILES string of the molecule is O=C(O)C1C2CCCC2CN1Cc1ccc(Cl)cc1Cl. The van der Waals surface area contributed by atoms with E-state index in [2.05, 4.69) is 4.90 Å². The summed E-state index contributed by atoms with van der Waals surface area (Å²) >= 11 is 12.1. The highest BCUT2D eigenvalue weighted by atomic mass is 35.5. The molecule has 2 aliphatic rings. The first kappa shape index (κ1) is 14.2. The maximum absolute atomic E-state index is 11.6. The topological polar surface area (TPSA) is 40.5 Å². The Morgan fingerprint density at radius 3 is 2.85 bits per heavy atom. The molecule has 1 N–H and O–H groups in total. The van der Waals surface area contributed by atoms with E-state index < -0.39 is 5.97 Å². The second-order valence-electron chi connectivity index (χ2n) is 5.80. The number of halogens is 2. The third-order valence-corrected chi connectivity index (χ3v) is 5.21. The number of likely N-dealkylation sites (tertiary alicyclic amines) is 1. The van der Waals surface area contributed by atoms with E-state index in [-0.39, 0.29) is 6.04 Å². The van der Waals surface area contributed by atoms with Crippen molar-refractivity contribution in [3.63, 3.8) is 0 Å².